The number of piperidine rings is 1. The molecule has 5 heterocycles. The van der Waals surface area contributed by atoms with E-state index < -0.39 is 0 Å². The second-order valence-electron chi connectivity index (χ2n) is 8.64. The normalized spacial score (nSPS) is 15.0. The van der Waals surface area contributed by atoms with Crippen LogP contribution in [-0.4, -0.2) is 43.6 Å². The number of nitrogens with zero attached hydrogens (tertiary/aromatic N) is 4. The van der Waals surface area contributed by atoms with Crippen molar-refractivity contribution in [1.29, 1.82) is 0 Å². The van der Waals surface area contributed by atoms with Crippen LogP contribution >= 0.6 is 0 Å². The number of H-pyrrole nitrogens is 1. The number of hydrogen-bond donors (Lipinski definition) is 2. The Balaban J connectivity index is 1.35. The van der Waals surface area contributed by atoms with Crippen molar-refractivity contribution >= 4 is 33.6 Å². The highest BCUT2D eigenvalue weighted by Gasteiger charge is 2.23. The van der Waals surface area contributed by atoms with Crippen molar-refractivity contribution in [2.24, 2.45) is 0 Å². The predicted molar refractivity (Wildman–Crippen MR) is 127 cm³/mol. The van der Waals surface area contributed by atoms with Crippen LogP contribution in [0.2, 0.25) is 0 Å². The maximum atomic E-state index is 11.6. The van der Waals surface area contributed by atoms with Gasteiger partial charge >= 0.3 is 0 Å². The second-order valence-corrected chi connectivity index (χ2v) is 8.64. The zero-order valence-electron chi connectivity index (χ0n) is 18.3. The Labute approximate surface area is 190 Å². The number of nitrogen functional groups attached to an aromatic ring is 1. The highest BCUT2D eigenvalue weighted by atomic mass is 16.3. The lowest BCUT2D eigenvalue weighted by Gasteiger charge is -2.31. The van der Waals surface area contributed by atoms with Crippen LogP contribution in [0.1, 0.15) is 25.8 Å². The number of pyridine rings is 1. The molecular weight excluding hydrogens is 416 g/mol. The van der Waals surface area contributed by atoms with Crippen molar-refractivity contribution in [3.8, 4) is 22.5 Å². The molecule has 0 bridgehead atoms. The molecule has 1 saturated heterocycles. The Morgan fingerprint density at radius 3 is 2.82 bits per heavy atom. The Morgan fingerprint density at radius 1 is 1.15 bits per heavy atom. The maximum absolute atomic E-state index is 11.6. The van der Waals surface area contributed by atoms with Crippen LogP contribution < -0.4 is 5.73 Å². The number of rotatable bonds is 3. The number of likely N-dealkylation sites (tertiary alicyclic amines) is 1. The van der Waals surface area contributed by atoms with Gasteiger partial charge in [-0.15, -0.1) is 0 Å². The first kappa shape index (κ1) is 19.6. The molecule has 8 nitrogen and oxygen atoms in total. The summed E-state index contributed by atoms with van der Waals surface area (Å²) in [4.78, 5) is 21.1. The Hall–Kier alpha value is -4.07. The third kappa shape index (κ3) is 3.34. The summed E-state index contributed by atoms with van der Waals surface area (Å²) in [5, 5.41) is 6.69. The number of hydrogen-bond acceptors (Lipinski definition) is 5. The monoisotopic (exact) mass is 440 g/mol. The Kier molecular flexibility index (Phi) is 4.46. The molecule has 0 radical (unpaired) electrons. The van der Waals surface area contributed by atoms with Crippen molar-refractivity contribution < 1.29 is 9.21 Å². The number of carbonyl (C=O) groups is 1. The third-order valence-electron chi connectivity index (χ3n) is 6.62. The number of furan rings is 1. The van der Waals surface area contributed by atoms with Crippen LogP contribution in [0.15, 0.2) is 59.5 Å². The molecule has 6 rings (SSSR count). The molecule has 8 heteroatoms. The molecule has 1 fully saturated rings. The van der Waals surface area contributed by atoms with Gasteiger partial charge in [0.15, 0.2) is 11.4 Å². The number of nitrogens with two attached hydrogens (primary N) is 1. The fraction of sp³-hybridized carbons (Fsp3) is 0.240. The zero-order valence-corrected chi connectivity index (χ0v) is 18.3. The van der Waals surface area contributed by atoms with Crippen LogP contribution in [-0.2, 0) is 4.79 Å². The van der Waals surface area contributed by atoms with E-state index in [4.69, 9.17) is 10.2 Å². The molecular formula is C25H24N6O2. The number of anilines is 1. The molecule has 33 heavy (non-hydrogen) atoms. The molecule has 0 saturated carbocycles. The van der Waals surface area contributed by atoms with E-state index in [2.05, 4.69) is 33.4 Å². The molecule has 1 aliphatic heterocycles. The molecule has 0 aliphatic carbocycles. The standard InChI is InChI=1S/C25H24N6O2/c1-15(32)30-8-5-19(6-9-30)31-14-18(12-29-31)21-13-28-25(26)24-20(21)11-23(33-24)17-3-2-16-4-7-27-22(16)10-17/h2-4,7,10-14,19,27H,5-6,8-9H2,1H3,(H2,26,28). The van der Waals surface area contributed by atoms with Crippen LogP contribution in [0.4, 0.5) is 5.82 Å². The fourth-order valence-electron chi connectivity index (χ4n) is 4.74. The first-order valence-corrected chi connectivity index (χ1v) is 11.1. The van der Waals surface area contributed by atoms with E-state index in [9.17, 15) is 4.79 Å². The topological polar surface area (TPSA) is 106 Å². The van der Waals surface area contributed by atoms with E-state index in [1.807, 2.05) is 40.2 Å². The molecule has 0 atom stereocenters. The lowest BCUT2D eigenvalue weighted by molar-refractivity contribution is -0.130. The smallest absolute Gasteiger partial charge is 0.219 e. The Morgan fingerprint density at radius 2 is 2.00 bits per heavy atom. The third-order valence-corrected chi connectivity index (χ3v) is 6.62. The summed E-state index contributed by atoms with van der Waals surface area (Å²) in [6.07, 6.45) is 9.42. The van der Waals surface area contributed by atoms with Crippen molar-refractivity contribution in [1.82, 2.24) is 24.6 Å². The summed E-state index contributed by atoms with van der Waals surface area (Å²) in [5.41, 5.74) is 10.7. The maximum Gasteiger partial charge on any atom is 0.219 e. The van der Waals surface area contributed by atoms with Gasteiger partial charge in [-0.1, -0.05) is 12.1 Å². The molecule has 0 spiro atoms. The number of fused-ring (bicyclic) bond motifs is 2. The highest BCUT2D eigenvalue weighted by molar-refractivity contribution is 6.00. The first-order chi connectivity index (χ1) is 16.1. The highest BCUT2D eigenvalue weighted by Crippen LogP contribution is 2.37. The van der Waals surface area contributed by atoms with Crippen molar-refractivity contribution in [3.63, 3.8) is 0 Å². The molecule has 3 N–H and O–H groups in total. The predicted octanol–water partition coefficient (Wildman–Crippen LogP) is 4.61. The summed E-state index contributed by atoms with van der Waals surface area (Å²) in [7, 11) is 0. The van der Waals surface area contributed by atoms with Gasteiger partial charge < -0.3 is 20.0 Å². The van der Waals surface area contributed by atoms with E-state index in [0.29, 0.717) is 11.4 Å². The second kappa shape index (κ2) is 7.51. The van der Waals surface area contributed by atoms with Crippen molar-refractivity contribution in [2.75, 3.05) is 18.8 Å². The largest absolute Gasteiger partial charge is 0.452 e. The molecule has 5 aromatic rings. The van der Waals surface area contributed by atoms with E-state index in [-0.39, 0.29) is 11.9 Å². The van der Waals surface area contributed by atoms with Gasteiger partial charge in [0.25, 0.3) is 0 Å². The number of aromatic amines is 1. The number of carbonyl (C=O) groups excluding carboxylic acids is 1. The van der Waals surface area contributed by atoms with Gasteiger partial charge in [0.05, 0.1) is 12.2 Å². The quantitative estimate of drug-likeness (QED) is 0.426. The minimum absolute atomic E-state index is 0.135. The summed E-state index contributed by atoms with van der Waals surface area (Å²) < 4.78 is 8.17. The van der Waals surface area contributed by atoms with E-state index in [1.54, 1.807) is 13.1 Å². The lowest BCUT2D eigenvalue weighted by Crippen LogP contribution is -2.37. The van der Waals surface area contributed by atoms with E-state index in [1.165, 1.54) is 0 Å². The summed E-state index contributed by atoms with van der Waals surface area (Å²) in [5.74, 6) is 1.24. The van der Waals surface area contributed by atoms with Gasteiger partial charge in [-0.2, -0.15) is 5.10 Å². The molecule has 166 valence electrons. The molecule has 0 unspecified atom stereocenters. The average molecular weight is 441 g/mol. The molecule has 1 aromatic carbocycles. The Bertz CT molecular complexity index is 1490. The summed E-state index contributed by atoms with van der Waals surface area (Å²) >= 11 is 0. The van der Waals surface area contributed by atoms with Crippen LogP contribution in [0.5, 0.6) is 0 Å². The average Bonchev–Trinajstić information content (AvgIpc) is 3.58. The summed E-state index contributed by atoms with van der Waals surface area (Å²) in [6, 6.07) is 10.5. The van der Waals surface area contributed by atoms with Gasteiger partial charge in [0.1, 0.15) is 5.76 Å². The first-order valence-electron chi connectivity index (χ1n) is 11.1. The number of amides is 1. The van der Waals surface area contributed by atoms with Crippen LogP contribution in [0, 0.1) is 0 Å². The van der Waals surface area contributed by atoms with Crippen LogP contribution in [0.25, 0.3) is 44.3 Å². The molecule has 1 amide bonds. The number of benzene rings is 1. The van der Waals surface area contributed by atoms with Crippen LogP contribution in [0.3, 0.4) is 0 Å². The van der Waals surface area contributed by atoms with Gasteiger partial charge in [-0.25, -0.2) is 4.98 Å². The summed E-state index contributed by atoms with van der Waals surface area (Å²) in [6.45, 7) is 3.15. The number of aromatic nitrogens is 4. The minimum Gasteiger partial charge on any atom is -0.452 e. The van der Waals surface area contributed by atoms with Gasteiger partial charge in [-0.3, -0.25) is 9.48 Å². The molecule has 1 aliphatic rings. The fourth-order valence-corrected chi connectivity index (χ4v) is 4.74. The lowest BCUT2D eigenvalue weighted by atomic mass is 10.0. The number of nitrogens with one attached hydrogen (secondary N) is 1. The van der Waals surface area contributed by atoms with Crippen molar-refractivity contribution in [3.05, 3.63) is 55.1 Å². The van der Waals surface area contributed by atoms with Gasteiger partial charge in [-0.05, 0) is 36.4 Å². The molecule has 4 aromatic heterocycles. The minimum atomic E-state index is 0.135. The van der Waals surface area contributed by atoms with Crippen molar-refractivity contribution in [2.45, 2.75) is 25.8 Å². The van der Waals surface area contributed by atoms with Gasteiger partial charge in [0.2, 0.25) is 5.91 Å². The van der Waals surface area contributed by atoms with E-state index >= 15 is 0 Å². The zero-order chi connectivity index (χ0) is 22.5. The SMILES string of the molecule is CC(=O)N1CCC(n2cc(-c3cnc(N)c4oc(-c5ccc6cc[nH]c6c5)cc34)cn2)CC1. The van der Waals surface area contributed by atoms with Gasteiger partial charge in [0, 0.05) is 66.2 Å². The van der Waals surface area contributed by atoms with E-state index in [0.717, 1.165) is 64.7 Å².